The summed E-state index contributed by atoms with van der Waals surface area (Å²) in [6, 6.07) is 14.3. The van der Waals surface area contributed by atoms with Crippen LogP contribution in [0.1, 0.15) is 189 Å². The molecule has 0 saturated heterocycles. The van der Waals surface area contributed by atoms with Gasteiger partial charge in [-0.2, -0.15) is 0 Å². The van der Waals surface area contributed by atoms with Gasteiger partial charge in [-0.25, -0.2) is 9.59 Å². The third-order valence-electron chi connectivity index (χ3n) is 10.4. The van der Waals surface area contributed by atoms with Gasteiger partial charge in [0.05, 0.1) is 17.7 Å². The SMILES string of the molecule is CCC(C)CCCCCCCCCCCCCCCCCCCc1ccc(C(=O)Oc2ccc(C(=O)OCC(C)C(C)CC)cc2)cc1. The molecule has 0 aromatic heterocycles. The number of ether oxygens (including phenoxy) is 2. The summed E-state index contributed by atoms with van der Waals surface area (Å²) in [5, 5.41) is 0. The maximum Gasteiger partial charge on any atom is 0.343 e. The smallest absolute Gasteiger partial charge is 0.343 e. The Balaban J connectivity index is 1.45. The number of esters is 2. The third kappa shape index (κ3) is 18.8. The summed E-state index contributed by atoms with van der Waals surface area (Å²) < 4.78 is 11.0. The Morgan fingerprint density at radius 3 is 1.44 bits per heavy atom. The van der Waals surface area contributed by atoms with Crippen molar-refractivity contribution in [2.24, 2.45) is 17.8 Å². The van der Waals surface area contributed by atoms with E-state index in [2.05, 4.69) is 34.6 Å². The summed E-state index contributed by atoms with van der Waals surface area (Å²) in [7, 11) is 0. The van der Waals surface area contributed by atoms with Crippen molar-refractivity contribution in [3.8, 4) is 5.75 Å². The van der Waals surface area contributed by atoms with E-state index in [0.29, 0.717) is 35.3 Å². The number of rotatable bonds is 28. The van der Waals surface area contributed by atoms with Crippen LogP contribution in [0, 0.1) is 17.8 Å². The Morgan fingerprint density at radius 2 is 0.958 bits per heavy atom. The normalized spacial score (nSPS) is 13.2. The molecule has 0 N–H and O–H groups in total. The van der Waals surface area contributed by atoms with Gasteiger partial charge in [0.15, 0.2) is 0 Å². The lowest BCUT2D eigenvalue weighted by Gasteiger charge is -2.18. The Hall–Kier alpha value is -2.62. The van der Waals surface area contributed by atoms with Gasteiger partial charge in [-0.3, -0.25) is 0 Å². The molecule has 0 amide bonds. The van der Waals surface area contributed by atoms with Gasteiger partial charge in [0.1, 0.15) is 5.75 Å². The van der Waals surface area contributed by atoms with Gasteiger partial charge < -0.3 is 9.47 Å². The second-order valence-electron chi connectivity index (χ2n) is 14.6. The Morgan fingerprint density at radius 1 is 0.521 bits per heavy atom. The van der Waals surface area contributed by atoms with E-state index in [1.165, 1.54) is 128 Å². The van der Waals surface area contributed by atoms with E-state index >= 15 is 0 Å². The molecule has 3 atom stereocenters. The average Bonchev–Trinajstić information content (AvgIpc) is 3.11. The summed E-state index contributed by atoms with van der Waals surface area (Å²) in [5.74, 6) is 1.40. The molecule has 3 unspecified atom stereocenters. The fourth-order valence-corrected chi connectivity index (χ4v) is 6.17. The van der Waals surface area contributed by atoms with Crippen molar-refractivity contribution in [1.82, 2.24) is 0 Å². The fourth-order valence-electron chi connectivity index (χ4n) is 6.17. The van der Waals surface area contributed by atoms with Gasteiger partial charge >= 0.3 is 11.9 Å². The van der Waals surface area contributed by atoms with Crippen LogP contribution in [0.15, 0.2) is 48.5 Å². The molecule has 0 heterocycles. The number of benzene rings is 2. The summed E-state index contributed by atoms with van der Waals surface area (Å²) in [6.07, 6.45) is 28.5. The third-order valence-corrected chi connectivity index (χ3v) is 10.4. The van der Waals surface area contributed by atoms with Crippen LogP contribution >= 0.6 is 0 Å². The highest BCUT2D eigenvalue weighted by Gasteiger charge is 2.15. The van der Waals surface area contributed by atoms with Crippen molar-refractivity contribution in [3.05, 3.63) is 65.2 Å². The molecule has 0 aliphatic rings. The van der Waals surface area contributed by atoms with Crippen molar-refractivity contribution < 1.29 is 19.1 Å². The molecule has 4 nitrogen and oxygen atoms in total. The minimum absolute atomic E-state index is 0.313. The molecular weight excluding hydrogens is 592 g/mol. The monoisotopic (exact) mass is 663 g/mol. The predicted molar refractivity (Wildman–Crippen MR) is 203 cm³/mol. The van der Waals surface area contributed by atoms with Crippen LogP contribution in [0.5, 0.6) is 5.75 Å². The number of carbonyl (C=O) groups excluding carboxylic acids is 2. The molecule has 270 valence electrons. The minimum Gasteiger partial charge on any atom is -0.462 e. The Kier molecular flexibility index (Phi) is 22.7. The van der Waals surface area contributed by atoms with Crippen molar-refractivity contribution in [3.63, 3.8) is 0 Å². The first-order valence-corrected chi connectivity index (χ1v) is 19.9. The molecule has 4 heteroatoms. The lowest BCUT2D eigenvalue weighted by Crippen LogP contribution is -2.17. The Bertz CT molecular complexity index is 1090. The molecular formula is C44H70O4. The largest absolute Gasteiger partial charge is 0.462 e. The van der Waals surface area contributed by atoms with Gasteiger partial charge in [-0.05, 0) is 72.6 Å². The maximum atomic E-state index is 12.7. The van der Waals surface area contributed by atoms with Crippen LogP contribution in [0.2, 0.25) is 0 Å². The van der Waals surface area contributed by atoms with Gasteiger partial charge in [0.2, 0.25) is 0 Å². The standard InChI is InChI=1S/C44H70O4/c1-6-36(3)25-23-21-19-17-15-13-11-9-8-10-12-14-16-18-20-22-24-26-39-27-29-41(30-28-39)44(46)48-42-33-31-40(32-34-42)43(45)47-35-38(5)37(4)7-2/h27-34,36-38H,6-26,35H2,1-5H3. The Labute approximate surface area is 295 Å². The second-order valence-corrected chi connectivity index (χ2v) is 14.6. The zero-order valence-corrected chi connectivity index (χ0v) is 31.5. The molecule has 0 bridgehead atoms. The van der Waals surface area contributed by atoms with E-state index in [1.807, 2.05) is 24.3 Å². The maximum absolute atomic E-state index is 12.7. The zero-order valence-electron chi connectivity index (χ0n) is 31.5. The number of unbranched alkanes of at least 4 members (excludes halogenated alkanes) is 16. The van der Waals surface area contributed by atoms with Crippen molar-refractivity contribution in [1.29, 1.82) is 0 Å². The number of aryl methyl sites for hydroxylation is 1. The van der Waals surface area contributed by atoms with Crippen LogP contribution in [-0.4, -0.2) is 18.5 Å². The molecule has 0 fully saturated rings. The van der Waals surface area contributed by atoms with Gasteiger partial charge in [0.25, 0.3) is 0 Å². The molecule has 0 radical (unpaired) electrons. The summed E-state index contributed by atoms with van der Waals surface area (Å²) >= 11 is 0. The van der Waals surface area contributed by atoms with E-state index in [-0.39, 0.29) is 5.97 Å². The first-order chi connectivity index (χ1) is 23.3. The molecule has 48 heavy (non-hydrogen) atoms. The predicted octanol–water partition coefficient (Wildman–Crippen LogP) is 13.4. The van der Waals surface area contributed by atoms with Gasteiger partial charge in [-0.1, -0.05) is 169 Å². The van der Waals surface area contributed by atoms with Crippen molar-refractivity contribution in [2.75, 3.05) is 6.61 Å². The van der Waals surface area contributed by atoms with Gasteiger partial charge in [0, 0.05) is 0 Å². The molecule has 0 aliphatic heterocycles. The lowest BCUT2D eigenvalue weighted by molar-refractivity contribution is 0.0411. The number of carbonyl (C=O) groups is 2. The topological polar surface area (TPSA) is 52.6 Å². The highest BCUT2D eigenvalue weighted by atomic mass is 16.5. The first-order valence-electron chi connectivity index (χ1n) is 19.9. The van der Waals surface area contributed by atoms with E-state index in [4.69, 9.17) is 9.47 Å². The van der Waals surface area contributed by atoms with Gasteiger partial charge in [-0.15, -0.1) is 0 Å². The van der Waals surface area contributed by atoms with E-state index in [0.717, 1.165) is 18.8 Å². The fraction of sp³-hybridized carbons (Fsp3) is 0.682. The second kappa shape index (κ2) is 26.3. The minimum atomic E-state index is -0.396. The summed E-state index contributed by atoms with van der Waals surface area (Å²) in [6.45, 7) is 11.5. The van der Waals surface area contributed by atoms with Crippen LogP contribution in [0.4, 0.5) is 0 Å². The molecule has 0 spiro atoms. The number of hydrogen-bond acceptors (Lipinski definition) is 4. The van der Waals surface area contributed by atoms with Crippen LogP contribution in [0.3, 0.4) is 0 Å². The highest BCUT2D eigenvalue weighted by Crippen LogP contribution is 2.20. The zero-order chi connectivity index (χ0) is 34.8. The molecule has 0 saturated carbocycles. The molecule has 2 aromatic rings. The molecule has 0 aliphatic carbocycles. The van der Waals surface area contributed by atoms with E-state index < -0.39 is 5.97 Å². The van der Waals surface area contributed by atoms with Crippen LogP contribution in [0.25, 0.3) is 0 Å². The van der Waals surface area contributed by atoms with E-state index in [9.17, 15) is 9.59 Å². The highest BCUT2D eigenvalue weighted by molar-refractivity contribution is 5.92. The molecule has 2 aromatic carbocycles. The van der Waals surface area contributed by atoms with Crippen molar-refractivity contribution in [2.45, 2.75) is 169 Å². The molecule has 2 rings (SSSR count). The summed E-state index contributed by atoms with van der Waals surface area (Å²) in [5.41, 5.74) is 2.24. The van der Waals surface area contributed by atoms with E-state index in [1.54, 1.807) is 24.3 Å². The van der Waals surface area contributed by atoms with Crippen LogP contribution < -0.4 is 4.74 Å². The quantitative estimate of drug-likeness (QED) is 0.0517. The van der Waals surface area contributed by atoms with Crippen LogP contribution in [-0.2, 0) is 11.2 Å². The van der Waals surface area contributed by atoms with Crippen molar-refractivity contribution >= 4 is 11.9 Å². The first kappa shape index (κ1) is 41.6. The average molecular weight is 663 g/mol. The summed E-state index contributed by atoms with van der Waals surface area (Å²) in [4.78, 5) is 25.0. The lowest BCUT2D eigenvalue weighted by atomic mass is 9.94. The number of hydrogen-bond donors (Lipinski definition) is 0.